The van der Waals surface area contributed by atoms with Crippen LogP contribution >= 0.6 is 0 Å². The molecule has 0 aromatic heterocycles. The Morgan fingerprint density at radius 3 is 2.38 bits per heavy atom. The molecule has 0 aromatic rings. The van der Waals surface area contributed by atoms with E-state index in [9.17, 15) is 8.42 Å². The normalized spacial score (nSPS) is 24.3. The number of hydrogen-bond donors (Lipinski definition) is 0. The summed E-state index contributed by atoms with van der Waals surface area (Å²) in [6.07, 6.45) is 1.36. The molecule has 0 saturated carbocycles. The third-order valence-corrected chi connectivity index (χ3v) is 4.10. The highest BCUT2D eigenvalue weighted by atomic mass is 32.2. The zero-order chi connectivity index (χ0) is 9.90. The van der Waals surface area contributed by atoms with Crippen LogP contribution in [0.1, 0.15) is 19.8 Å². The minimum Gasteiger partial charge on any atom is -0.399 e. The van der Waals surface area contributed by atoms with Crippen LogP contribution in [0.15, 0.2) is 5.16 Å². The highest BCUT2D eigenvalue weighted by molar-refractivity contribution is 7.91. The molecule has 0 N–H and O–H groups in total. The molecule has 0 aliphatic carbocycles. The summed E-state index contributed by atoms with van der Waals surface area (Å²) < 4.78 is 22.2. The summed E-state index contributed by atoms with van der Waals surface area (Å²) in [5.74, 6) is 0.853. The van der Waals surface area contributed by atoms with E-state index in [4.69, 9.17) is 0 Å². The molecule has 1 aliphatic rings. The zero-order valence-electron chi connectivity index (χ0n) is 7.99. The van der Waals surface area contributed by atoms with Crippen LogP contribution in [0.4, 0.5) is 0 Å². The highest BCUT2D eigenvalue weighted by Gasteiger charge is 2.25. The van der Waals surface area contributed by atoms with Crippen molar-refractivity contribution in [3.63, 3.8) is 0 Å². The van der Waals surface area contributed by atoms with Crippen LogP contribution < -0.4 is 0 Å². The van der Waals surface area contributed by atoms with E-state index in [0.717, 1.165) is 5.71 Å². The molecule has 0 bridgehead atoms. The van der Waals surface area contributed by atoms with E-state index in [1.807, 2.05) is 6.92 Å². The Labute approximate surface area is 78.9 Å². The van der Waals surface area contributed by atoms with Gasteiger partial charge in [-0.25, -0.2) is 8.42 Å². The van der Waals surface area contributed by atoms with Crippen LogP contribution in [-0.4, -0.2) is 32.7 Å². The van der Waals surface area contributed by atoms with E-state index in [2.05, 4.69) is 9.99 Å². The number of sulfone groups is 1. The van der Waals surface area contributed by atoms with Gasteiger partial charge in [0.25, 0.3) is 0 Å². The smallest absolute Gasteiger partial charge is 0.150 e. The third kappa shape index (κ3) is 2.99. The van der Waals surface area contributed by atoms with Gasteiger partial charge < -0.3 is 4.84 Å². The van der Waals surface area contributed by atoms with Crippen molar-refractivity contribution in [1.82, 2.24) is 0 Å². The van der Waals surface area contributed by atoms with Crippen molar-refractivity contribution < 1.29 is 13.3 Å². The van der Waals surface area contributed by atoms with Gasteiger partial charge in [-0.2, -0.15) is 0 Å². The van der Waals surface area contributed by atoms with Crippen molar-refractivity contribution in [3.8, 4) is 0 Å². The Morgan fingerprint density at radius 1 is 1.38 bits per heavy atom. The molecule has 1 aliphatic heterocycles. The second-order valence-corrected chi connectivity index (χ2v) is 5.64. The van der Waals surface area contributed by atoms with Gasteiger partial charge >= 0.3 is 0 Å². The Hall–Kier alpha value is -0.580. The fourth-order valence-corrected chi connectivity index (χ4v) is 3.02. The molecule has 13 heavy (non-hydrogen) atoms. The summed E-state index contributed by atoms with van der Waals surface area (Å²) in [6.45, 7) is 1.88. The number of nitrogens with zero attached hydrogens (tertiary/aromatic N) is 1. The summed E-state index contributed by atoms with van der Waals surface area (Å²) in [4.78, 5) is 4.65. The first-order valence-corrected chi connectivity index (χ1v) is 6.15. The van der Waals surface area contributed by atoms with Crippen LogP contribution in [0.5, 0.6) is 0 Å². The number of oxime groups is 1. The minimum atomic E-state index is -2.76. The van der Waals surface area contributed by atoms with E-state index in [0.29, 0.717) is 12.8 Å². The quantitative estimate of drug-likeness (QED) is 0.495. The van der Waals surface area contributed by atoms with Gasteiger partial charge in [0.15, 0.2) is 0 Å². The number of rotatable bonds is 2. The van der Waals surface area contributed by atoms with Crippen molar-refractivity contribution in [3.05, 3.63) is 0 Å². The summed E-state index contributed by atoms with van der Waals surface area (Å²) in [7, 11) is -1.26. The first kappa shape index (κ1) is 10.5. The highest BCUT2D eigenvalue weighted by Crippen LogP contribution is 2.20. The maximum absolute atomic E-state index is 11.1. The molecule has 1 heterocycles. The molecule has 76 valence electrons. The summed E-state index contributed by atoms with van der Waals surface area (Å²) in [5.41, 5.74) is 0.900. The van der Waals surface area contributed by atoms with Crippen molar-refractivity contribution in [1.29, 1.82) is 0 Å². The van der Waals surface area contributed by atoms with Gasteiger partial charge in [-0.15, -0.1) is 0 Å². The molecule has 0 unspecified atom stereocenters. The van der Waals surface area contributed by atoms with Crippen molar-refractivity contribution in [2.45, 2.75) is 19.8 Å². The summed E-state index contributed by atoms with van der Waals surface area (Å²) in [6, 6.07) is 0. The van der Waals surface area contributed by atoms with Gasteiger partial charge in [-0.3, -0.25) is 0 Å². The van der Waals surface area contributed by atoms with Crippen LogP contribution in [0, 0.1) is 5.92 Å². The fourth-order valence-electron chi connectivity index (χ4n) is 1.53. The van der Waals surface area contributed by atoms with E-state index < -0.39 is 9.84 Å². The number of hydrogen-bond acceptors (Lipinski definition) is 4. The lowest BCUT2D eigenvalue weighted by molar-refractivity contribution is 0.210. The van der Waals surface area contributed by atoms with Gasteiger partial charge in [0.05, 0.1) is 17.2 Å². The average Bonchev–Trinajstić information content (AvgIpc) is 2.04. The predicted octanol–water partition coefficient (Wildman–Crippen LogP) is 0.834. The molecule has 0 amide bonds. The predicted molar refractivity (Wildman–Crippen MR) is 51.5 cm³/mol. The molecular formula is C8H15NO3S. The molecular weight excluding hydrogens is 190 g/mol. The second kappa shape index (κ2) is 4.09. The van der Waals surface area contributed by atoms with Gasteiger partial charge in [-0.05, 0) is 19.8 Å². The average molecular weight is 205 g/mol. The maximum atomic E-state index is 11.1. The van der Waals surface area contributed by atoms with E-state index in [1.54, 1.807) is 0 Å². The van der Waals surface area contributed by atoms with Crippen LogP contribution in [0.2, 0.25) is 0 Å². The molecule has 5 heteroatoms. The maximum Gasteiger partial charge on any atom is 0.150 e. The third-order valence-electron chi connectivity index (χ3n) is 2.38. The van der Waals surface area contributed by atoms with E-state index >= 15 is 0 Å². The van der Waals surface area contributed by atoms with Crippen molar-refractivity contribution in [2.24, 2.45) is 11.1 Å². The molecule has 1 saturated heterocycles. The fraction of sp³-hybridized carbons (Fsp3) is 0.875. The molecule has 0 atom stereocenters. The Morgan fingerprint density at radius 2 is 1.92 bits per heavy atom. The van der Waals surface area contributed by atoms with Crippen LogP contribution in [0.3, 0.4) is 0 Å². The molecule has 0 aromatic carbocycles. The van der Waals surface area contributed by atoms with Crippen molar-refractivity contribution in [2.75, 3.05) is 18.6 Å². The lowest BCUT2D eigenvalue weighted by Gasteiger charge is -2.20. The summed E-state index contributed by atoms with van der Waals surface area (Å²) in [5, 5.41) is 3.82. The molecule has 1 fully saturated rings. The topological polar surface area (TPSA) is 55.7 Å². The first-order valence-electron chi connectivity index (χ1n) is 4.33. The standard InChI is InChI=1S/C8H15NO3S/c1-7(9-12-2)8-3-5-13(10,11)6-4-8/h8H,3-6H2,1-2H3/b9-7+. The van der Waals surface area contributed by atoms with Crippen LogP contribution in [-0.2, 0) is 14.7 Å². The van der Waals surface area contributed by atoms with Gasteiger partial charge in [0.2, 0.25) is 0 Å². The molecule has 1 rings (SSSR count). The lowest BCUT2D eigenvalue weighted by Crippen LogP contribution is -2.27. The van der Waals surface area contributed by atoms with E-state index in [-0.39, 0.29) is 17.4 Å². The zero-order valence-corrected chi connectivity index (χ0v) is 8.80. The molecule has 0 radical (unpaired) electrons. The van der Waals surface area contributed by atoms with Gasteiger partial charge in [-0.1, -0.05) is 5.16 Å². The van der Waals surface area contributed by atoms with Crippen LogP contribution in [0.25, 0.3) is 0 Å². The Bertz CT molecular complexity index is 281. The lowest BCUT2D eigenvalue weighted by atomic mass is 9.98. The second-order valence-electron chi connectivity index (χ2n) is 3.34. The Balaban J connectivity index is 2.55. The SMILES string of the molecule is CO/N=C(\C)C1CCS(=O)(=O)CC1. The summed E-state index contributed by atoms with van der Waals surface area (Å²) >= 11 is 0. The monoisotopic (exact) mass is 205 g/mol. The Kier molecular flexibility index (Phi) is 3.30. The van der Waals surface area contributed by atoms with E-state index in [1.165, 1.54) is 7.11 Å². The van der Waals surface area contributed by atoms with Gasteiger partial charge in [0.1, 0.15) is 16.9 Å². The van der Waals surface area contributed by atoms with Gasteiger partial charge in [0, 0.05) is 5.92 Å². The largest absolute Gasteiger partial charge is 0.399 e. The minimum absolute atomic E-state index is 0.281. The van der Waals surface area contributed by atoms with Crippen molar-refractivity contribution >= 4 is 15.5 Å². The first-order chi connectivity index (χ1) is 6.05. The molecule has 0 spiro atoms. The molecule has 4 nitrogen and oxygen atoms in total.